The second-order valence-electron chi connectivity index (χ2n) is 5.52. The fourth-order valence-electron chi connectivity index (χ4n) is 2.68. The summed E-state index contributed by atoms with van der Waals surface area (Å²) in [6.45, 7) is 7.49. The minimum absolute atomic E-state index is 0.320. The van der Waals surface area contributed by atoms with E-state index in [0.29, 0.717) is 15.9 Å². The van der Waals surface area contributed by atoms with Crippen molar-refractivity contribution in [2.45, 2.75) is 32.6 Å². The Morgan fingerprint density at radius 3 is 2.18 bits per heavy atom. The molecule has 3 aromatic rings. The lowest BCUT2D eigenvalue weighted by atomic mass is 10.0. The van der Waals surface area contributed by atoms with E-state index < -0.39 is 10.0 Å². The van der Waals surface area contributed by atoms with Gasteiger partial charge in [0.25, 0.3) is 10.0 Å². The van der Waals surface area contributed by atoms with E-state index in [-0.39, 0.29) is 0 Å². The number of fused-ring (bicyclic) bond motifs is 1. The maximum Gasteiger partial charge on any atom is 0.285 e. The molecule has 0 saturated carbocycles. The molecular weight excluding hydrogens is 298 g/mol. The molecule has 0 aliphatic rings. The van der Waals surface area contributed by atoms with Crippen molar-refractivity contribution in [3.05, 3.63) is 52.6 Å². The van der Waals surface area contributed by atoms with E-state index in [1.54, 1.807) is 24.3 Å². The number of nitrogens with zero attached hydrogens (tertiary/aromatic N) is 3. The largest absolute Gasteiger partial charge is 0.285 e. The van der Waals surface area contributed by atoms with Gasteiger partial charge in [0.15, 0.2) is 0 Å². The van der Waals surface area contributed by atoms with Gasteiger partial charge in [-0.2, -0.15) is 8.42 Å². The molecule has 0 aliphatic carbocycles. The smallest absolute Gasteiger partial charge is 0.199 e. The molecule has 0 radical (unpaired) electrons. The van der Waals surface area contributed by atoms with Crippen LogP contribution in [0.15, 0.2) is 35.2 Å². The van der Waals surface area contributed by atoms with Crippen LogP contribution >= 0.6 is 0 Å². The Labute approximate surface area is 129 Å². The third-order valence-corrected chi connectivity index (χ3v) is 5.96. The van der Waals surface area contributed by atoms with Crippen LogP contribution in [-0.4, -0.2) is 22.8 Å². The van der Waals surface area contributed by atoms with Crippen LogP contribution in [0.4, 0.5) is 0 Å². The highest BCUT2D eigenvalue weighted by molar-refractivity contribution is 7.90. The van der Waals surface area contributed by atoms with E-state index in [1.807, 2.05) is 33.8 Å². The lowest BCUT2D eigenvalue weighted by Crippen LogP contribution is -2.18. The normalized spacial score (nSPS) is 12.0. The van der Waals surface area contributed by atoms with Crippen molar-refractivity contribution < 1.29 is 8.42 Å². The number of hydrogen-bond donors (Lipinski definition) is 0. The van der Waals surface area contributed by atoms with Gasteiger partial charge in [-0.15, -0.1) is 9.19 Å². The SMILES string of the molecule is Cc1cc(C)c(C)c(S(=O)(=O)n2nnc3ccccc32)c1C. The van der Waals surface area contributed by atoms with E-state index in [1.165, 1.54) is 0 Å². The monoisotopic (exact) mass is 315 g/mol. The summed E-state index contributed by atoms with van der Waals surface area (Å²) in [5, 5.41) is 7.81. The minimum atomic E-state index is -3.79. The molecule has 0 bridgehead atoms. The minimum Gasteiger partial charge on any atom is -0.199 e. The molecule has 6 heteroatoms. The van der Waals surface area contributed by atoms with Gasteiger partial charge in [-0.1, -0.05) is 23.4 Å². The fourth-order valence-corrected chi connectivity index (χ4v) is 4.49. The summed E-state index contributed by atoms with van der Waals surface area (Å²) in [6.07, 6.45) is 0. The molecule has 5 nitrogen and oxygen atoms in total. The number of rotatable bonds is 2. The van der Waals surface area contributed by atoms with Gasteiger partial charge < -0.3 is 0 Å². The van der Waals surface area contributed by atoms with Crippen LogP contribution in [0.2, 0.25) is 0 Å². The van der Waals surface area contributed by atoms with Crippen LogP contribution in [-0.2, 0) is 10.0 Å². The molecule has 22 heavy (non-hydrogen) atoms. The van der Waals surface area contributed by atoms with Gasteiger partial charge in [0.05, 0.1) is 4.90 Å². The van der Waals surface area contributed by atoms with Crippen LogP contribution in [0, 0.1) is 27.7 Å². The van der Waals surface area contributed by atoms with Crippen LogP contribution in [0.3, 0.4) is 0 Å². The summed E-state index contributed by atoms with van der Waals surface area (Å²) in [4.78, 5) is 0.320. The fraction of sp³-hybridized carbons (Fsp3) is 0.250. The number of aryl methyl sites for hydroxylation is 2. The predicted octanol–water partition coefficient (Wildman–Crippen LogP) is 2.90. The molecule has 3 rings (SSSR count). The van der Waals surface area contributed by atoms with Crippen molar-refractivity contribution in [3.63, 3.8) is 0 Å². The zero-order valence-electron chi connectivity index (χ0n) is 13.0. The van der Waals surface area contributed by atoms with E-state index in [0.717, 1.165) is 26.3 Å². The Morgan fingerprint density at radius 2 is 1.55 bits per heavy atom. The number of para-hydroxylation sites is 1. The summed E-state index contributed by atoms with van der Waals surface area (Å²) in [6, 6.07) is 9.04. The summed E-state index contributed by atoms with van der Waals surface area (Å²) in [5.41, 5.74) is 4.45. The molecular formula is C16H17N3O2S. The highest BCUT2D eigenvalue weighted by Gasteiger charge is 2.26. The first-order chi connectivity index (χ1) is 10.3. The first kappa shape index (κ1) is 14.7. The molecule has 114 valence electrons. The van der Waals surface area contributed by atoms with Gasteiger partial charge in [0.1, 0.15) is 11.0 Å². The average molecular weight is 315 g/mol. The quantitative estimate of drug-likeness (QED) is 0.729. The Balaban J connectivity index is 2.37. The Bertz CT molecular complexity index is 962. The zero-order valence-corrected chi connectivity index (χ0v) is 13.8. The molecule has 0 N–H and O–H groups in total. The van der Waals surface area contributed by atoms with Gasteiger partial charge in [0.2, 0.25) is 0 Å². The number of benzene rings is 2. The van der Waals surface area contributed by atoms with Gasteiger partial charge in [-0.3, -0.25) is 0 Å². The molecule has 0 fully saturated rings. The molecule has 0 unspecified atom stereocenters. The molecule has 0 spiro atoms. The number of aromatic nitrogens is 3. The highest BCUT2D eigenvalue weighted by atomic mass is 32.2. The first-order valence-corrected chi connectivity index (χ1v) is 8.41. The van der Waals surface area contributed by atoms with Crippen molar-refractivity contribution in [1.29, 1.82) is 0 Å². The van der Waals surface area contributed by atoms with Crippen molar-refractivity contribution in [3.8, 4) is 0 Å². The Kier molecular flexibility index (Phi) is 3.29. The Morgan fingerprint density at radius 1 is 0.955 bits per heavy atom. The second-order valence-corrected chi connectivity index (χ2v) is 7.22. The van der Waals surface area contributed by atoms with Crippen molar-refractivity contribution in [2.24, 2.45) is 0 Å². The van der Waals surface area contributed by atoms with Gasteiger partial charge in [-0.05, 0) is 62.1 Å². The van der Waals surface area contributed by atoms with E-state index in [2.05, 4.69) is 10.3 Å². The lowest BCUT2D eigenvalue weighted by Gasteiger charge is -2.15. The lowest BCUT2D eigenvalue weighted by molar-refractivity contribution is 0.578. The summed E-state index contributed by atoms with van der Waals surface area (Å²) in [7, 11) is -3.79. The highest BCUT2D eigenvalue weighted by Crippen LogP contribution is 2.28. The molecule has 0 amide bonds. The number of hydrogen-bond acceptors (Lipinski definition) is 4. The van der Waals surface area contributed by atoms with Crippen molar-refractivity contribution >= 4 is 21.1 Å². The Hall–Kier alpha value is -2.21. The standard InChI is InChI=1S/C16H17N3O2S/c1-10-9-11(2)13(4)16(12(10)3)22(20,21)19-15-8-6-5-7-14(15)17-18-19/h5-9H,1-4H3. The van der Waals surface area contributed by atoms with Crippen LogP contribution in [0.5, 0.6) is 0 Å². The predicted molar refractivity (Wildman–Crippen MR) is 85.5 cm³/mol. The molecule has 1 heterocycles. The summed E-state index contributed by atoms with van der Waals surface area (Å²) in [5.74, 6) is 0. The van der Waals surface area contributed by atoms with Crippen molar-refractivity contribution in [2.75, 3.05) is 0 Å². The van der Waals surface area contributed by atoms with Crippen LogP contribution in [0.1, 0.15) is 22.3 Å². The van der Waals surface area contributed by atoms with Gasteiger partial charge in [0, 0.05) is 0 Å². The third kappa shape index (κ3) is 2.02. The second kappa shape index (κ2) is 4.91. The zero-order chi connectivity index (χ0) is 16.1. The van der Waals surface area contributed by atoms with E-state index >= 15 is 0 Å². The third-order valence-electron chi connectivity index (χ3n) is 4.10. The summed E-state index contributed by atoms with van der Waals surface area (Å²) < 4.78 is 27.3. The van der Waals surface area contributed by atoms with Gasteiger partial charge in [-0.25, -0.2) is 0 Å². The van der Waals surface area contributed by atoms with Gasteiger partial charge >= 0.3 is 0 Å². The molecule has 0 aliphatic heterocycles. The average Bonchev–Trinajstić information content (AvgIpc) is 2.90. The van der Waals surface area contributed by atoms with Crippen LogP contribution < -0.4 is 0 Å². The summed E-state index contributed by atoms with van der Waals surface area (Å²) >= 11 is 0. The molecule has 0 saturated heterocycles. The molecule has 1 aromatic heterocycles. The molecule has 0 atom stereocenters. The molecule has 2 aromatic carbocycles. The maximum atomic E-state index is 13.1. The van der Waals surface area contributed by atoms with E-state index in [9.17, 15) is 8.42 Å². The van der Waals surface area contributed by atoms with E-state index in [4.69, 9.17) is 0 Å². The first-order valence-electron chi connectivity index (χ1n) is 6.97. The van der Waals surface area contributed by atoms with Crippen LogP contribution in [0.25, 0.3) is 11.0 Å². The maximum absolute atomic E-state index is 13.1. The van der Waals surface area contributed by atoms with Crippen molar-refractivity contribution in [1.82, 2.24) is 14.4 Å². The topological polar surface area (TPSA) is 64.8 Å².